The number of aromatic nitrogens is 2. The van der Waals surface area contributed by atoms with Gasteiger partial charge in [0, 0.05) is 11.6 Å². The third-order valence-corrected chi connectivity index (χ3v) is 2.57. The number of halogens is 1. The number of rotatable bonds is 4. The van der Waals surface area contributed by atoms with E-state index in [2.05, 4.69) is 10.2 Å². The van der Waals surface area contributed by atoms with Crippen LogP contribution in [0.3, 0.4) is 0 Å². The number of hydrogen-bond acceptors (Lipinski definition) is 5. The van der Waals surface area contributed by atoms with Crippen LogP contribution in [0.1, 0.15) is 18.2 Å². The lowest BCUT2D eigenvalue weighted by atomic mass is 10.2. The summed E-state index contributed by atoms with van der Waals surface area (Å²) in [5.41, 5.74) is 0.724. The predicted octanol–water partition coefficient (Wildman–Crippen LogP) is 3.05. The van der Waals surface area contributed by atoms with Crippen LogP contribution in [0, 0.1) is 0 Å². The first kappa shape index (κ1) is 12.7. The molecule has 1 atom stereocenters. The number of alkyl halides is 1. The molecule has 2 rings (SSSR count). The molecule has 0 radical (unpaired) electrons. The Balaban J connectivity index is 2.42. The first-order valence-electron chi connectivity index (χ1n) is 5.35. The number of benzene rings is 1. The molecule has 0 bridgehead atoms. The average Bonchev–Trinajstić information content (AvgIpc) is 2.87. The van der Waals surface area contributed by atoms with Gasteiger partial charge in [-0.05, 0) is 19.1 Å². The van der Waals surface area contributed by atoms with E-state index in [0.717, 1.165) is 5.56 Å². The molecule has 0 amide bonds. The van der Waals surface area contributed by atoms with Crippen molar-refractivity contribution in [3.8, 4) is 23.0 Å². The minimum atomic E-state index is -0.321. The van der Waals surface area contributed by atoms with Gasteiger partial charge in [0.05, 0.1) is 14.2 Å². The topological polar surface area (TPSA) is 57.4 Å². The molecule has 1 aromatic carbocycles. The second-order valence-electron chi connectivity index (χ2n) is 3.66. The van der Waals surface area contributed by atoms with E-state index in [9.17, 15) is 0 Å². The second-order valence-corrected chi connectivity index (χ2v) is 4.32. The summed E-state index contributed by atoms with van der Waals surface area (Å²) in [6, 6.07) is 5.35. The minimum Gasteiger partial charge on any atom is -0.497 e. The fraction of sp³-hybridized carbons (Fsp3) is 0.333. The third-order valence-electron chi connectivity index (χ3n) is 2.38. The Hall–Kier alpha value is -1.75. The van der Waals surface area contributed by atoms with Crippen LogP contribution in [0.25, 0.3) is 11.5 Å². The summed E-state index contributed by atoms with van der Waals surface area (Å²) in [4.78, 5) is 0. The molecule has 1 unspecified atom stereocenters. The van der Waals surface area contributed by atoms with Crippen molar-refractivity contribution in [3.05, 3.63) is 24.1 Å². The highest BCUT2D eigenvalue weighted by Gasteiger charge is 2.14. The Morgan fingerprint density at radius 1 is 1.11 bits per heavy atom. The van der Waals surface area contributed by atoms with Crippen LogP contribution < -0.4 is 9.47 Å². The largest absolute Gasteiger partial charge is 0.497 e. The number of hydrogen-bond donors (Lipinski definition) is 0. The maximum absolute atomic E-state index is 5.88. The van der Waals surface area contributed by atoms with Gasteiger partial charge in [-0.15, -0.1) is 21.8 Å². The Kier molecular flexibility index (Phi) is 3.72. The van der Waals surface area contributed by atoms with Crippen LogP contribution in [0.2, 0.25) is 0 Å². The van der Waals surface area contributed by atoms with Crippen LogP contribution >= 0.6 is 11.6 Å². The summed E-state index contributed by atoms with van der Waals surface area (Å²) in [6.07, 6.45) is 0. The molecule has 0 aliphatic rings. The van der Waals surface area contributed by atoms with Crippen molar-refractivity contribution in [1.82, 2.24) is 10.2 Å². The van der Waals surface area contributed by atoms with Crippen molar-refractivity contribution in [2.75, 3.05) is 14.2 Å². The molecule has 0 aliphatic carbocycles. The van der Waals surface area contributed by atoms with Crippen LogP contribution in [0.15, 0.2) is 22.6 Å². The summed E-state index contributed by atoms with van der Waals surface area (Å²) in [7, 11) is 3.16. The SMILES string of the molecule is COc1cc(OC)cc(-c2nnc(C(C)Cl)o2)c1. The van der Waals surface area contributed by atoms with Gasteiger partial charge in [0.2, 0.25) is 11.8 Å². The van der Waals surface area contributed by atoms with Crippen LogP contribution in [-0.4, -0.2) is 24.4 Å². The number of ether oxygens (including phenoxy) is 2. The van der Waals surface area contributed by atoms with Gasteiger partial charge in [-0.25, -0.2) is 0 Å². The molecule has 0 fully saturated rings. The van der Waals surface area contributed by atoms with Gasteiger partial charge in [0.15, 0.2) is 0 Å². The Morgan fingerprint density at radius 2 is 1.72 bits per heavy atom. The minimum absolute atomic E-state index is 0.321. The molecule has 0 aliphatic heterocycles. The standard InChI is InChI=1S/C12H13ClN2O3/c1-7(13)11-14-15-12(18-11)8-4-9(16-2)6-10(5-8)17-3/h4-7H,1-3H3. The monoisotopic (exact) mass is 268 g/mol. The van der Waals surface area contributed by atoms with Gasteiger partial charge in [-0.2, -0.15) is 0 Å². The zero-order valence-corrected chi connectivity index (χ0v) is 11.1. The molecule has 1 aromatic heterocycles. The van der Waals surface area contributed by atoms with Crippen LogP contribution in [0.4, 0.5) is 0 Å². The van der Waals surface area contributed by atoms with E-state index < -0.39 is 0 Å². The lowest BCUT2D eigenvalue weighted by Gasteiger charge is -2.05. The van der Waals surface area contributed by atoms with E-state index in [1.54, 1.807) is 39.3 Å². The van der Waals surface area contributed by atoms with Gasteiger partial charge in [0.1, 0.15) is 16.9 Å². The highest BCUT2D eigenvalue weighted by molar-refractivity contribution is 6.20. The molecule has 0 N–H and O–H groups in total. The molecule has 6 heteroatoms. The molecule has 96 valence electrons. The summed E-state index contributed by atoms with van der Waals surface area (Å²) >= 11 is 5.88. The molecular weight excluding hydrogens is 256 g/mol. The Labute approximate surface area is 110 Å². The maximum atomic E-state index is 5.88. The van der Waals surface area contributed by atoms with Crippen LogP contribution in [0.5, 0.6) is 11.5 Å². The van der Waals surface area contributed by atoms with Crippen molar-refractivity contribution in [2.24, 2.45) is 0 Å². The molecule has 2 aromatic rings. The zero-order chi connectivity index (χ0) is 13.1. The average molecular weight is 269 g/mol. The normalized spacial score (nSPS) is 12.2. The highest BCUT2D eigenvalue weighted by atomic mass is 35.5. The quantitative estimate of drug-likeness (QED) is 0.798. The second kappa shape index (κ2) is 5.27. The summed E-state index contributed by atoms with van der Waals surface area (Å²) in [5.74, 6) is 2.08. The highest BCUT2D eigenvalue weighted by Crippen LogP contribution is 2.30. The van der Waals surface area contributed by atoms with Crippen molar-refractivity contribution in [2.45, 2.75) is 12.3 Å². The van der Waals surface area contributed by atoms with Gasteiger partial charge in [-0.3, -0.25) is 0 Å². The third kappa shape index (κ3) is 2.56. The van der Waals surface area contributed by atoms with Gasteiger partial charge < -0.3 is 13.9 Å². The first-order valence-corrected chi connectivity index (χ1v) is 5.78. The predicted molar refractivity (Wildman–Crippen MR) is 67.1 cm³/mol. The summed E-state index contributed by atoms with van der Waals surface area (Å²) < 4.78 is 15.8. The lowest BCUT2D eigenvalue weighted by Crippen LogP contribution is -1.88. The lowest BCUT2D eigenvalue weighted by molar-refractivity contribution is 0.394. The molecule has 0 saturated carbocycles. The Bertz CT molecular complexity index is 518. The molecule has 1 heterocycles. The molecule has 5 nitrogen and oxygen atoms in total. The summed E-state index contributed by atoms with van der Waals surface area (Å²) in [6.45, 7) is 1.77. The van der Waals surface area contributed by atoms with Gasteiger partial charge >= 0.3 is 0 Å². The van der Waals surface area contributed by atoms with E-state index in [4.69, 9.17) is 25.5 Å². The maximum Gasteiger partial charge on any atom is 0.248 e. The van der Waals surface area contributed by atoms with Crippen molar-refractivity contribution in [3.63, 3.8) is 0 Å². The van der Waals surface area contributed by atoms with Crippen molar-refractivity contribution in [1.29, 1.82) is 0 Å². The Morgan fingerprint density at radius 3 is 2.17 bits per heavy atom. The fourth-order valence-electron chi connectivity index (χ4n) is 1.44. The van der Waals surface area contributed by atoms with Gasteiger partial charge in [-0.1, -0.05) is 0 Å². The number of nitrogens with zero attached hydrogens (tertiary/aromatic N) is 2. The van der Waals surface area contributed by atoms with Crippen molar-refractivity contribution >= 4 is 11.6 Å². The smallest absolute Gasteiger partial charge is 0.248 e. The molecule has 0 spiro atoms. The van der Waals surface area contributed by atoms with E-state index in [1.165, 1.54) is 0 Å². The molecule has 0 saturated heterocycles. The zero-order valence-electron chi connectivity index (χ0n) is 10.3. The van der Waals surface area contributed by atoms with E-state index >= 15 is 0 Å². The molecule has 18 heavy (non-hydrogen) atoms. The summed E-state index contributed by atoms with van der Waals surface area (Å²) in [5, 5.41) is 7.50. The van der Waals surface area contributed by atoms with E-state index in [1.807, 2.05) is 0 Å². The molecular formula is C12H13ClN2O3. The van der Waals surface area contributed by atoms with Crippen molar-refractivity contribution < 1.29 is 13.9 Å². The number of methoxy groups -OCH3 is 2. The van der Waals surface area contributed by atoms with E-state index in [-0.39, 0.29) is 5.38 Å². The van der Waals surface area contributed by atoms with Gasteiger partial charge in [0.25, 0.3) is 0 Å². The first-order chi connectivity index (χ1) is 8.63. The van der Waals surface area contributed by atoms with E-state index in [0.29, 0.717) is 23.3 Å². The fourth-order valence-corrected chi connectivity index (χ4v) is 1.53. The van der Waals surface area contributed by atoms with Crippen LogP contribution in [-0.2, 0) is 0 Å².